The quantitative estimate of drug-likeness (QED) is 0.141. The van der Waals surface area contributed by atoms with Gasteiger partial charge >= 0.3 is 0 Å². The minimum atomic E-state index is 1.08. The molecule has 0 unspecified atom stereocenters. The minimum absolute atomic E-state index is 1.08. The summed E-state index contributed by atoms with van der Waals surface area (Å²) in [6, 6.07) is 111. The van der Waals surface area contributed by atoms with Gasteiger partial charge in [0.1, 0.15) is 0 Å². The van der Waals surface area contributed by atoms with Crippen LogP contribution in [-0.4, -0.2) is 13.7 Å². The molecule has 0 saturated heterocycles. The van der Waals surface area contributed by atoms with Gasteiger partial charge in [0.25, 0.3) is 0 Å². The van der Waals surface area contributed by atoms with Crippen LogP contribution >= 0.6 is 0 Å². The molecule has 16 rings (SSSR count). The number of fused-ring (bicyclic) bond motifs is 10. The number of hydrogen-bond acceptors (Lipinski definition) is 1. The Hall–Kier alpha value is -10.7. The molecule has 0 aliphatic heterocycles. The van der Waals surface area contributed by atoms with Crippen LogP contribution in [0.4, 0.5) is 17.1 Å². The third-order valence-electron chi connectivity index (χ3n) is 16.5. The highest BCUT2D eigenvalue weighted by atomic mass is 15.1. The van der Waals surface area contributed by atoms with Gasteiger partial charge in [0.2, 0.25) is 0 Å². The Morgan fingerprint density at radius 3 is 0.938 bits per heavy atom. The number of para-hydroxylation sites is 6. The molecule has 3 aromatic heterocycles. The molecule has 4 heteroatoms. The molecule has 0 atom stereocenters. The highest BCUT2D eigenvalue weighted by molar-refractivity contribution is 6.13. The van der Waals surface area contributed by atoms with Gasteiger partial charge in [-0.3, -0.25) is 0 Å². The number of nitrogens with zero attached hydrogens (tertiary/aromatic N) is 4. The zero-order valence-corrected chi connectivity index (χ0v) is 43.7. The molecule has 0 N–H and O–H groups in total. The van der Waals surface area contributed by atoms with Crippen molar-refractivity contribution in [2.45, 2.75) is 0 Å². The Morgan fingerprint density at radius 2 is 0.512 bits per heavy atom. The van der Waals surface area contributed by atoms with Crippen molar-refractivity contribution in [3.63, 3.8) is 0 Å². The van der Waals surface area contributed by atoms with Crippen LogP contribution in [0.2, 0.25) is 0 Å². The van der Waals surface area contributed by atoms with Crippen molar-refractivity contribution in [2.75, 3.05) is 4.90 Å². The average Bonchev–Trinajstić information content (AvgIpc) is 4.37. The SMILES string of the molecule is c1ccc(-n2c3ccccc3c3cc(-c4ccc(N(c5ccc(-c6ccc(-n7c8ccccc8c8ccccc87)cc6)cc5)c5ccc(-c6ccc(-n7c8ccccc8c8ccccc87)cc6)cc5)c5ccccc45)ccc32)cc1. The molecule has 0 radical (unpaired) electrons. The Labute approximate surface area is 463 Å². The molecule has 0 aliphatic carbocycles. The number of benzene rings is 13. The van der Waals surface area contributed by atoms with Crippen molar-refractivity contribution in [3.05, 3.63) is 303 Å². The number of aromatic nitrogens is 3. The van der Waals surface area contributed by atoms with Crippen LogP contribution in [-0.2, 0) is 0 Å². The number of anilines is 3. The summed E-state index contributed by atoms with van der Waals surface area (Å²) in [4.78, 5) is 2.42. The standard InChI is InChI=1S/C76H50N4/c1-2-16-56(17-3-1)78-74-29-15-10-24-68(74)69-50-55(38-48-76(69)78)61-47-49-75(63-19-5-4-18-62(61)63)77(57-39-30-51(31-40-57)53-34-43-59(44-35-53)79-70-25-11-6-20-64(70)65-21-7-12-26-71(65)79)58-41-32-52(33-42-58)54-36-45-60(46-37-54)80-72-27-13-8-22-66(72)67-23-9-14-28-73(67)80/h1-50H. The first-order chi connectivity index (χ1) is 39.7. The van der Waals surface area contributed by atoms with E-state index in [0.717, 1.165) is 45.3 Å². The lowest BCUT2D eigenvalue weighted by Crippen LogP contribution is -2.10. The van der Waals surface area contributed by atoms with Crippen LogP contribution in [0.3, 0.4) is 0 Å². The summed E-state index contributed by atoms with van der Waals surface area (Å²) < 4.78 is 7.14. The van der Waals surface area contributed by atoms with Crippen molar-refractivity contribution in [2.24, 2.45) is 0 Å². The van der Waals surface area contributed by atoms with Crippen molar-refractivity contribution in [1.82, 2.24) is 13.7 Å². The van der Waals surface area contributed by atoms with Crippen LogP contribution in [0.15, 0.2) is 303 Å². The lowest BCUT2D eigenvalue weighted by Gasteiger charge is -2.28. The predicted octanol–water partition coefficient (Wildman–Crippen LogP) is 20.6. The molecule has 13 aromatic carbocycles. The smallest absolute Gasteiger partial charge is 0.0541 e. The first kappa shape index (κ1) is 45.5. The second kappa shape index (κ2) is 18.5. The normalized spacial score (nSPS) is 11.8. The van der Waals surface area contributed by atoms with E-state index in [0.29, 0.717) is 0 Å². The van der Waals surface area contributed by atoms with E-state index in [1.54, 1.807) is 0 Å². The summed E-state index contributed by atoms with van der Waals surface area (Å²) in [7, 11) is 0. The summed E-state index contributed by atoms with van der Waals surface area (Å²) in [5.41, 5.74) is 21.0. The van der Waals surface area contributed by atoms with Crippen LogP contribution in [0.5, 0.6) is 0 Å². The fourth-order valence-electron chi connectivity index (χ4n) is 12.8. The van der Waals surface area contributed by atoms with E-state index in [1.807, 2.05) is 0 Å². The zero-order valence-electron chi connectivity index (χ0n) is 43.7. The molecule has 0 spiro atoms. The van der Waals surface area contributed by atoms with E-state index in [2.05, 4.69) is 322 Å². The Bertz CT molecular complexity index is 4720. The van der Waals surface area contributed by atoms with Crippen molar-refractivity contribution < 1.29 is 0 Å². The van der Waals surface area contributed by atoms with Gasteiger partial charge in [-0.1, -0.05) is 194 Å². The van der Waals surface area contributed by atoms with Crippen LogP contribution in [0.1, 0.15) is 0 Å². The van der Waals surface area contributed by atoms with Gasteiger partial charge in [-0.2, -0.15) is 0 Å². The van der Waals surface area contributed by atoms with Crippen molar-refractivity contribution >= 4 is 93.3 Å². The van der Waals surface area contributed by atoms with Crippen LogP contribution in [0.25, 0.3) is 127 Å². The molecule has 4 nitrogen and oxygen atoms in total. The maximum absolute atomic E-state index is 2.42. The average molecular weight is 1020 g/mol. The van der Waals surface area contributed by atoms with Gasteiger partial charge in [0.15, 0.2) is 0 Å². The topological polar surface area (TPSA) is 18.0 Å². The van der Waals surface area contributed by atoms with Gasteiger partial charge in [-0.05, 0) is 148 Å². The molecule has 0 fully saturated rings. The maximum atomic E-state index is 2.42. The van der Waals surface area contributed by atoms with Gasteiger partial charge in [-0.25, -0.2) is 0 Å². The summed E-state index contributed by atoms with van der Waals surface area (Å²) in [6.45, 7) is 0. The van der Waals surface area contributed by atoms with E-state index >= 15 is 0 Å². The summed E-state index contributed by atoms with van der Waals surface area (Å²) in [6.07, 6.45) is 0. The third-order valence-corrected chi connectivity index (χ3v) is 16.5. The molecule has 0 aliphatic rings. The summed E-state index contributed by atoms with van der Waals surface area (Å²) in [5.74, 6) is 0. The predicted molar refractivity (Wildman–Crippen MR) is 338 cm³/mol. The van der Waals surface area contributed by atoms with E-state index in [1.165, 1.54) is 98.4 Å². The van der Waals surface area contributed by atoms with Crippen LogP contribution < -0.4 is 4.90 Å². The third kappa shape index (κ3) is 7.31. The fraction of sp³-hybridized carbons (Fsp3) is 0. The van der Waals surface area contributed by atoms with Gasteiger partial charge in [-0.15, -0.1) is 0 Å². The highest BCUT2D eigenvalue weighted by Crippen LogP contribution is 2.45. The fourth-order valence-corrected chi connectivity index (χ4v) is 12.8. The van der Waals surface area contributed by atoms with E-state index < -0.39 is 0 Å². The molecular formula is C76H50N4. The highest BCUT2D eigenvalue weighted by Gasteiger charge is 2.21. The van der Waals surface area contributed by atoms with E-state index in [-0.39, 0.29) is 0 Å². The zero-order chi connectivity index (χ0) is 52.7. The Morgan fingerprint density at radius 1 is 0.200 bits per heavy atom. The molecule has 3 heterocycles. The van der Waals surface area contributed by atoms with Gasteiger partial charge < -0.3 is 18.6 Å². The minimum Gasteiger partial charge on any atom is -0.310 e. The second-order valence-electron chi connectivity index (χ2n) is 20.9. The first-order valence-corrected chi connectivity index (χ1v) is 27.5. The number of hydrogen-bond donors (Lipinski definition) is 0. The van der Waals surface area contributed by atoms with E-state index in [9.17, 15) is 0 Å². The molecule has 80 heavy (non-hydrogen) atoms. The summed E-state index contributed by atoms with van der Waals surface area (Å²) >= 11 is 0. The monoisotopic (exact) mass is 1020 g/mol. The van der Waals surface area contributed by atoms with Crippen LogP contribution in [0, 0.1) is 0 Å². The molecular weight excluding hydrogens is 969 g/mol. The maximum Gasteiger partial charge on any atom is 0.0541 e. The molecule has 16 aromatic rings. The Balaban J connectivity index is 0.788. The summed E-state index contributed by atoms with van der Waals surface area (Å²) in [5, 5.41) is 9.90. The van der Waals surface area contributed by atoms with E-state index in [4.69, 9.17) is 0 Å². The number of rotatable bonds is 9. The van der Waals surface area contributed by atoms with Crippen molar-refractivity contribution in [3.8, 4) is 50.4 Å². The lowest BCUT2D eigenvalue weighted by atomic mass is 9.95. The molecule has 0 saturated carbocycles. The van der Waals surface area contributed by atoms with Gasteiger partial charge in [0, 0.05) is 66.1 Å². The van der Waals surface area contributed by atoms with Gasteiger partial charge in [0.05, 0.1) is 38.8 Å². The lowest BCUT2D eigenvalue weighted by molar-refractivity contribution is 1.18. The molecule has 374 valence electrons. The Kier molecular flexibility index (Phi) is 10.5. The largest absolute Gasteiger partial charge is 0.310 e. The first-order valence-electron chi connectivity index (χ1n) is 27.5. The van der Waals surface area contributed by atoms with Crippen molar-refractivity contribution in [1.29, 1.82) is 0 Å². The second-order valence-corrected chi connectivity index (χ2v) is 20.9. The molecule has 0 amide bonds. The molecule has 0 bridgehead atoms.